The Balaban J connectivity index is 1.37. The Morgan fingerprint density at radius 3 is 2.13 bits per heavy atom. The van der Waals surface area contributed by atoms with Crippen LogP contribution >= 0.6 is 11.8 Å². The Labute approximate surface area is 242 Å². The molecule has 0 saturated heterocycles. The lowest BCUT2D eigenvalue weighted by molar-refractivity contribution is -0.118. The molecule has 0 fully saturated rings. The lowest BCUT2D eigenvalue weighted by atomic mass is 10.1. The minimum atomic E-state index is 0.129. The van der Waals surface area contributed by atoms with Gasteiger partial charge < -0.3 is 14.5 Å². The number of hydrogen-bond acceptors (Lipinski definition) is 4. The number of hydrogen-bond donors (Lipinski definition) is 0. The average Bonchev–Trinajstić information content (AvgIpc) is 3.48. The third-order valence-electron chi connectivity index (χ3n) is 7.35. The van der Waals surface area contributed by atoms with Crippen LogP contribution in [0.25, 0.3) is 0 Å². The molecular formula is C34H50N2O2S. The maximum atomic E-state index is 12.8. The molecule has 3 rings (SSSR count). The van der Waals surface area contributed by atoms with E-state index in [0.717, 1.165) is 42.4 Å². The Morgan fingerprint density at radius 2 is 1.51 bits per heavy atom. The quantitative estimate of drug-likeness (QED) is 0.154. The second-order valence-electron chi connectivity index (χ2n) is 10.7. The van der Waals surface area contributed by atoms with Crippen molar-refractivity contribution in [3.05, 3.63) is 71.3 Å². The van der Waals surface area contributed by atoms with Gasteiger partial charge in [0.05, 0.1) is 19.0 Å². The van der Waals surface area contributed by atoms with Gasteiger partial charge in [-0.3, -0.25) is 4.79 Å². The fourth-order valence-corrected chi connectivity index (χ4v) is 5.70. The summed E-state index contributed by atoms with van der Waals surface area (Å²) in [5.41, 5.74) is 3.29. The van der Waals surface area contributed by atoms with Crippen LogP contribution in [-0.2, 0) is 17.9 Å². The van der Waals surface area contributed by atoms with E-state index in [1.165, 1.54) is 76.2 Å². The predicted octanol–water partition coefficient (Wildman–Crippen LogP) is 9.69. The maximum absolute atomic E-state index is 12.8. The van der Waals surface area contributed by atoms with Gasteiger partial charge in [-0.15, -0.1) is 11.8 Å². The van der Waals surface area contributed by atoms with E-state index in [9.17, 15) is 4.79 Å². The highest BCUT2D eigenvalue weighted by Crippen LogP contribution is 2.24. The van der Waals surface area contributed by atoms with Gasteiger partial charge in [0.1, 0.15) is 5.75 Å². The number of anilines is 1. The van der Waals surface area contributed by atoms with Gasteiger partial charge in [-0.1, -0.05) is 109 Å². The molecule has 1 heterocycles. The van der Waals surface area contributed by atoms with Crippen molar-refractivity contribution in [2.75, 3.05) is 17.4 Å². The van der Waals surface area contributed by atoms with Gasteiger partial charge in [-0.2, -0.15) is 0 Å². The van der Waals surface area contributed by atoms with E-state index >= 15 is 0 Å². The standard InChI is InChI=1S/C34H50N2O2S/c1-3-5-6-7-8-9-10-11-12-13-14-15-24-38-33-18-16-17-31(26-33)28-36(34(37)4-2)32-21-19-30(20-22-32)27-35-23-25-39-29-35/h16-23,25-26H,3-15,24,27-29H2,1-2H3. The highest BCUT2D eigenvalue weighted by Gasteiger charge is 2.15. The zero-order valence-corrected chi connectivity index (χ0v) is 25.2. The zero-order valence-electron chi connectivity index (χ0n) is 24.4. The van der Waals surface area contributed by atoms with Crippen LogP contribution in [0, 0.1) is 0 Å². The summed E-state index contributed by atoms with van der Waals surface area (Å²) in [5, 5.41) is 2.13. The van der Waals surface area contributed by atoms with Crippen LogP contribution in [0.5, 0.6) is 5.75 Å². The Hall–Kier alpha value is -2.40. The predicted molar refractivity (Wildman–Crippen MR) is 168 cm³/mol. The highest BCUT2D eigenvalue weighted by molar-refractivity contribution is 8.02. The summed E-state index contributed by atoms with van der Waals surface area (Å²) in [6, 6.07) is 16.6. The molecule has 39 heavy (non-hydrogen) atoms. The van der Waals surface area contributed by atoms with E-state index in [1.807, 2.05) is 35.7 Å². The van der Waals surface area contributed by atoms with Gasteiger partial charge in [-0.05, 0) is 47.2 Å². The summed E-state index contributed by atoms with van der Waals surface area (Å²) in [6.45, 7) is 6.40. The van der Waals surface area contributed by atoms with Crippen LogP contribution in [0.2, 0.25) is 0 Å². The third-order valence-corrected chi connectivity index (χ3v) is 8.15. The van der Waals surface area contributed by atoms with E-state index in [0.29, 0.717) is 13.0 Å². The molecule has 1 aliphatic heterocycles. The first kappa shape index (κ1) is 31.1. The monoisotopic (exact) mass is 550 g/mol. The molecule has 214 valence electrons. The van der Waals surface area contributed by atoms with Crippen molar-refractivity contribution in [1.29, 1.82) is 0 Å². The van der Waals surface area contributed by atoms with E-state index in [-0.39, 0.29) is 5.91 Å². The largest absolute Gasteiger partial charge is 0.494 e. The molecule has 0 bridgehead atoms. The van der Waals surface area contributed by atoms with E-state index in [4.69, 9.17) is 4.74 Å². The summed E-state index contributed by atoms with van der Waals surface area (Å²) in [4.78, 5) is 17.0. The number of carbonyl (C=O) groups excluding carboxylic acids is 1. The number of rotatable bonds is 20. The molecule has 2 aromatic rings. The van der Waals surface area contributed by atoms with E-state index in [2.05, 4.69) is 59.8 Å². The zero-order chi connectivity index (χ0) is 27.5. The molecule has 0 radical (unpaired) electrons. The summed E-state index contributed by atoms with van der Waals surface area (Å²) in [6.07, 6.45) is 18.8. The number of thioether (sulfide) groups is 1. The van der Waals surface area contributed by atoms with Gasteiger partial charge in [-0.25, -0.2) is 0 Å². The highest BCUT2D eigenvalue weighted by atomic mass is 32.2. The van der Waals surface area contributed by atoms with Crippen LogP contribution in [0.3, 0.4) is 0 Å². The molecule has 1 amide bonds. The molecule has 1 aliphatic rings. The molecule has 0 saturated carbocycles. The lowest BCUT2D eigenvalue weighted by Crippen LogP contribution is -2.29. The van der Waals surface area contributed by atoms with Gasteiger partial charge in [0.15, 0.2) is 0 Å². The summed E-state index contributed by atoms with van der Waals surface area (Å²) in [5.74, 6) is 2.02. The topological polar surface area (TPSA) is 32.8 Å². The SMILES string of the molecule is CCCCCCCCCCCCCCOc1cccc(CN(C(=O)CC)c2ccc(CN3C=CSC3)cc2)c1. The Morgan fingerprint density at radius 1 is 0.846 bits per heavy atom. The summed E-state index contributed by atoms with van der Waals surface area (Å²) < 4.78 is 6.08. The average molecular weight is 551 g/mol. The fraction of sp³-hybridized carbons (Fsp3) is 0.559. The number of carbonyl (C=O) groups is 1. The lowest BCUT2D eigenvalue weighted by Gasteiger charge is -2.23. The fourth-order valence-electron chi connectivity index (χ4n) is 4.99. The van der Waals surface area contributed by atoms with Gasteiger partial charge in [0.25, 0.3) is 0 Å². The van der Waals surface area contributed by atoms with Crippen LogP contribution in [-0.4, -0.2) is 23.3 Å². The smallest absolute Gasteiger partial charge is 0.227 e. The van der Waals surface area contributed by atoms with Crippen molar-refractivity contribution in [2.24, 2.45) is 0 Å². The Kier molecular flexibility index (Phi) is 15.0. The van der Waals surface area contributed by atoms with Crippen molar-refractivity contribution in [3.63, 3.8) is 0 Å². The summed E-state index contributed by atoms with van der Waals surface area (Å²) >= 11 is 1.81. The molecule has 4 nitrogen and oxygen atoms in total. The van der Waals surface area contributed by atoms with Crippen LogP contribution in [0.4, 0.5) is 5.69 Å². The summed E-state index contributed by atoms with van der Waals surface area (Å²) in [7, 11) is 0. The molecule has 0 spiro atoms. The molecule has 0 N–H and O–H groups in total. The molecule has 0 aliphatic carbocycles. The number of ether oxygens (including phenoxy) is 1. The van der Waals surface area contributed by atoms with E-state index in [1.54, 1.807) is 0 Å². The number of amides is 1. The van der Waals surface area contributed by atoms with Crippen molar-refractivity contribution < 1.29 is 9.53 Å². The van der Waals surface area contributed by atoms with Gasteiger partial charge in [0.2, 0.25) is 5.91 Å². The first-order chi connectivity index (χ1) is 19.2. The molecule has 0 aromatic heterocycles. The van der Waals surface area contributed by atoms with Crippen LogP contribution in [0.1, 0.15) is 108 Å². The van der Waals surface area contributed by atoms with Crippen molar-refractivity contribution in [3.8, 4) is 5.75 Å². The second-order valence-corrected chi connectivity index (χ2v) is 11.6. The minimum Gasteiger partial charge on any atom is -0.494 e. The first-order valence-electron chi connectivity index (χ1n) is 15.3. The second kappa shape index (κ2) is 18.8. The van der Waals surface area contributed by atoms with Crippen LogP contribution in [0.15, 0.2) is 60.1 Å². The van der Waals surface area contributed by atoms with Crippen molar-refractivity contribution >= 4 is 23.4 Å². The number of unbranched alkanes of at least 4 members (excludes halogenated alkanes) is 11. The number of nitrogens with zero attached hydrogens (tertiary/aromatic N) is 2. The normalized spacial score (nSPS) is 12.7. The van der Waals surface area contributed by atoms with E-state index < -0.39 is 0 Å². The maximum Gasteiger partial charge on any atom is 0.227 e. The van der Waals surface area contributed by atoms with Gasteiger partial charge >= 0.3 is 0 Å². The molecule has 5 heteroatoms. The molecule has 0 unspecified atom stereocenters. The molecule has 0 atom stereocenters. The first-order valence-corrected chi connectivity index (χ1v) is 16.4. The van der Waals surface area contributed by atoms with Crippen LogP contribution < -0.4 is 9.64 Å². The molecule has 2 aromatic carbocycles. The molecular weight excluding hydrogens is 500 g/mol. The number of benzene rings is 2. The van der Waals surface area contributed by atoms with Crippen molar-refractivity contribution in [1.82, 2.24) is 4.90 Å². The Bertz CT molecular complexity index is 975. The third kappa shape index (κ3) is 12.1. The minimum absolute atomic E-state index is 0.129. The van der Waals surface area contributed by atoms with Crippen molar-refractivity contribution in [2.45, 2.75) is 110 Å². The van der Waals surface area contributed by atoms with Gasteiger partial charge in [0, 0.05) is 24.9 Å².